The van der Waals surface area contributed by atoms with Gasteiger partial charge in [-0.2, -0.15) is 0 Å². The first-order valence-corrected chi connectivity index (χ1v) is 6.82. The number of amides is 1. The summed E-state index contributed by atoms with van der Waals surface area (Å²) in [6, 6.07) is 1.42. The van der Waals surface area contributed by atoms with E-state index in [4.69, 9.17) is 9.84 Å². The molecular weight excluding hydrogens is 266 g/mol. The number of hydrogen-bond donors (Lipinski definition) is 2. The summed E-state index contributed by atoms with van der Waals surface area (Å²) in [7, 11) is 0. The molecule has 5 nitrogen and oxygen atoms in total. The van der Waals surface area contributed by atoms with Gasteiger partial charge in [0, 0.05) is 11.9 Å². The van der Waals surface area contributed by atoms with Crippen LogP contribution in [0.5, 0.6) is 0 Å². The van der Waals surface area contributed by atoms with Gasteiger partial charge in [-0.1, -0.05) is 11.8 Å². The second-order valence-corrected chi connectivity index (χ2v) is 4.98. The Hall–Kier alpha value is -1.39. The molecule has 1 unspecified atom stereocenters. The molecule has 1 aliphatic heterocycles. The number of carbonyl (C=O) groups excluding carboxylic acids is 1. The van der Waals surface area contributed by atoms with Gasteiger partial charge in [0.25, 0.3) is 5.91 Å². The van der Waals surface area contributed by atoms with Crippen LogP contribution in [0.25, 0.3) is 0 Å². The summed E-state index contributed by atoms with van der Waals surface area (Å²) < 4.78 is 5.25. The van der Waals surface area contributed by atoms with Crippen LogP contribution in [0.2, 0.25) is 0 Å². The van der Waals surface area contributed by atoms with Gasteiger partial charge < -0.3 is 19.8 Å². The van der Waals surface area contributed by atoms with Crippen molar-refractivity contribution in [2.45, 2.75) is 6.04 Å². The van der Waals surface area contributed by atoms with Crippen LogP contribution >= 0.6 is 11.3 Å². The maximum Gasteiger partial charge on any atom is 0.255 e. The summed E-state index contributed by atoms with van der Waals surface area (Å²) in [6.07, 6.45) is 0. The fourth-order valence-corrected chi connectivity index (χ4v) is 2.63. The third-order valence-corrected chi connectivity index (χ3v) is 3.68. The van der Waals surface area contributed by atoms with Crippen LogP contribution in [0.15, 0.2) is 11.4 Å². The van der Waals surface area contributed by atoms with Gasteiger partial charge in [0.1, 0.15) is 6.61 Å². The highest BCUT2D eigenvalue weighted by molar-refractivity contribution is 7.10. The SMILES string of the molecule is O=C(c1csc(C#CCO)c1)N1CCOCC1CO. The minimum Gasteiger partial charge on any atom is -0.394 e. The molecule has 1 fully saturated rings. The van der Waals surface area contributed by atoms with Gasteiger partial charge in [0.2, 0.25) is 0 Å². The Morgan fingerprint density at radius 3 is 3.16 bits per heavy atom. The minimum absolute atomic E-state index is 0.104. The third-order valence-electron chi connectivity index (χ3n) is 2.84. The molecule has 0 saturated carbocycles. The molecule has 0 aromatic carbocycles. The number of aliphatic hydroxyl groups excluding tert-OH is 2. The third kappa shape index (κ3) is 3.33. The molecule has 1 atom stereocenters. The average Bonchev–Trinajstić information content (AvgIpc) is 2.93. The van der Waals surface area contributed by atoms with Crippen LogP contribution in [0.3, 0.4) is 0 Å². The Morgan fingerprint density at radius 2 is 2.42 bits per heavy atom. The normalized spacial score (nSPS) is 18.8. The van der Waals surface area contributed by atoms with Crippen molar-refractivity contribution in [2.24, 2.45) is 0 Å². The largest absolute Gasteiger partial charge is 0.394 e. The van der Waals surface area contributed by atoms with Crippen molar-refractivity contribution in [3.05, 3.63) is 21.9 Å². The minimum atomic E-state index is -0.284. The van der Waals surface area contributed by atoms with Crippen LogP contribution in [-0.2, 0) is 4.74 Å². The molecule has 1 amide bonds. The Bertz CT molecular complexity index is 502. The van der Waals surface area contributed by atoms with Gasteiger partial charge in [0.15, 0.2) is 0 Å². The lowest BCUT2D eigenvalue weighted by Gasteiger charge is -2.34. The van der Waals surface area contributed by atoms with E-state index in [2.05, 4.69) is 11.8 Å². The van der Waals surface area contributed by atoms with Crippen molar-refractivity contribution in [3.8, 4) is 11.8 Å². The van der Waals surface area contributed by atoms with Gasteiger partial charge in [-0.3, -0.25) is 4.79 Å². The van der Waals surface area contributed by atoms with Crippen molar-refractivity contribution >= 4 is 17.2 Å². The Kier molecular flexibility index (Phi) is 4.93. The number of morpholine rings is 1. The lowest BCUT2D eigenvalue weighted by molar-refractivity contribution is -0.0183. The van der Waals surface area contributed by atoms with E-state index >= 15 is 0 Å². The van der Waals surface area contributed by atoms with Gasteiger partial charge >= 0.3 is 0 Å². The predicted molar refractivity (Wildman–Crippen MR) is 71.0 cm³/mol. The van der Waals surface area contributed by atoms with Crippen molar-refractivity contribution in [1.82, 2.24) is 4.90 Å². The number of nitrogens with zero attached hydrogens (tertiary/aromatic N) is 1. The summed E-state index contributed by atoms with van der Waals surface area (Å²) in [5, 5.41) is 19.6. The Morgan fingerprint density at radius 1 is 1.58 bits per heavy atom. The Balaban J connectivity index is 2.12. The number of thiophene rings is 1. The zero-order valence-corrected chi connectivity index (χ0v) is 11.2. The first kappa shape index (κ1) is 14.0. The molecule has 2 heterocycles. The van der Waals surface area contributed by atoms with Crippen LogP contribution in [-0.4, -0.2) is 60.0 Å². The molecule has 6 heteroatoms. The maximum atomic E-state index is 12.3. The van der Waals surface area contributed by atoms with Gasteiger partial charge in [-0.25, -0.2) is 0 Å². The monoisotopic (exact) mass is 281 g/mol. The first-order chi connectivity index (χ1) is 9.26. The van der Waals surface area contributed by atoms with Crippen molar-refractivity contribution in [2.75, 3.05) is 33.0 Å². The second-order valence-electron chi connectivity index (χ2n) is 4.07. The van der Waals surface area contributed by atoms with E-state index in [9.17, 15) is 9.90 Å². The zero-order valence-electron chi connectivity index (χ0n) is 10.3. The quantitative estimate of drug-likeness (QED) is 0.744. The molecule has 0 radical (unpaired) electrons. The predicted octanol–water partition coefficient (Wildman–Crippen LogP) is -0.0748. The average molecular weight is 281 g/mol. The molecule has 1 aliphatic rings. The van der Waals surface area contributed by atoms with E-state index in [1.807, 2.05) is 0 Å². The number of hydrogen-bond acceptors (Lipinski definition) is 5. The van der Waals surface area contributed by atoms with Crippen molar-refractivity contribution in [3.63, 3.8) is 0 Å². The smallest absolute Gasteiger partial charge is 0.255 e. The topological polar surface area (TPSA) is 70.0 Å². The van der Waals surface area contributed by atoms with Crippen LogP contribution in [0, 0.1) is 11.8 Å². The van der Waals surface area contributed by atoms with Gasteiger partial charge in [-0.15, -0.1) is 11.3 Å². The highest BCUT2D eigenvalue weighted by atomic mass is 32.1. The number of ether oxygens (including phenoxy) is 1. The number of aliphatic hydroxyl groups is 2. The summed E-state index contributed by atoms with van der Waals surface area (Å²) in [5.74, 6) is 5.20. The molecule has 19 heavy (non-hydrogen) atoms. The molecule has 0 spiro atoms. The van der Waals surface area contributed by atoms with Crippen LogP contribution < -0.4 is 0 Å². The van der Waals surface area contributed by atoms with E-state index in [0.29, 0.717) is 25.3 Å². The standard InChI is InChI=1S/C13H15NO4S/c15-4-1-2-12-6-10(9-19-12)13(17)14-3-5-18-8-11(14)7-16/h6,9,11,15-16H,3-5,7-8H2. The number of rotatable bonds is 2. The molecule has 102 valence electrons. The van der Waals surface area contributed by atoms with Gasteiger partial charge in [-0.05, 0) is 6.07 Å². The molecule has 2 rings (SSSR count). The summed E-state index contributed by atoms with van der Waals surface area (Å²) in [5.41, 5.74) is 0.563. The molecule has 1 aromatic rings. The Labute approximate surface area is 115 Å². The van der Waals surface area contributed by atoms with Crippen LogP contribution in [0.4, 0.5) is 0 Å². The van der Waals surface area contributed by atoms with E-state index < -0.39 is 0 Å². The molecule has 0 aliphatic carbocycles. The fourth-order valence-electron chi connectivity index (χ4n) is 1.88. The molecule has 0 bridgehead atoms. The van der Waals surface area contributed by atoms with Crippen molar-refractivity contribution in [1.29, 1.82) is 0 Å². The van der Waals surface area contributed by atoms with Crippen LogP contribution in [0.1, 0.15) is 15.2 Å². The fraction of sp³-hybridized carbons (Fsp3) is 0.462. The van der Waals surface area contributed by atoms with Crippen molar-refractivity contribution < 1.29 is 19.7 Å². The molecule has 1 aromatic heterocycles. The van der Waals surface area contributed by atoms with E-state index in [1.54, 1.807) is 16.3 Å². The van der Waals surface area contributed by atoms with E-state index in [1.165, 1.54) is 11.3 Å². The summed E-state index contributed by atoms with van der Waals surface area (Å²) in [6.45, 7) is 1.04. The first-order valence-electron chi connectivity index (χ1n) is 5.94. The highest BCUT2D eigenvalue weighted by Crippen LogP contribution is 2.18. The molecular formula is C13H15NO4S. The summed E-state index contributed by atoms with van der Waals surface area (Å²) >= 11 is 1.36. The summed E-state index contributed by atoms with van der Waals surface area (Å²) in [4.78, 5) is 14.7. The lowest BCUT2D eigenvalue weighted by atomic mass is 10.2. The molecule has 2 N–H and O–H groups in total. The zero-order chi connectivity index (χ0) is 13.7. The maximum absolute atomic E-state index is 12.3. The lowest BCUT2D eigenvalue weighted by Crippen LogP contribution is -2.50. The van der Waals surface area contributed by atoms with E-state index in [-0.39, 0.29) is 25.2 Å². The highest BCUT2D eigenvalue weighted by Gasteiger charge is 2.27. The second kappa shape index (κ2) is 6.68. The molecule has 1 saturated heterocycles. The van der Waals surface area contributed by atoms with E-state index in [0.717, 1.165) is 4.88 Å². The van der Waals surface area contributed by atoms with Gasteiger partial charge in [0.05, 0.1) is 36.3 Å². The number of carbonyl (C=O) groups is 1.